The van der Waals surface area contributed by atoms with Crippen molar-refractivity contribution in [2.45, 2.75) is 44.6 Å². The molecule has 110 valence electrons. The zero-order chi connectivity index (χ0) is 14.3. The number of anilines is 1. The highest BCUT2D eigenvalue weighted by atomic mass is 32.1. The quantitative estimate of drug-likeness (QED) is 0.880. The number of halogens is 2. The van der Waals surface area contributed by atoms with E-state index in [4.69, 9.17) is 0 Å². The molecule has 1 aromatic heterocycles. The number of hydrogen-bond acceptors (Lipinski definition) is 4. The first-order chi connectivity index (χ1) is 9.43. The van der Waals surface area contributed by atoms with Crippen molar-refractivity contribution in [3.8, 4) is 0 Å². The predicted octanol–water partition coefficient (Wildman–Crippen LogP) is 2.20. The van der Waals surface area contributed by atoms with Gasteiger partial charge in [-0.25, -0.2) is 13.8 Å². The Hall–Kier alpha value is -1.08. The lowest BCUT2D eigenvalue weighted by molar-refractivity contribution is -0.118. The number of aryl methyl sites for hydroxylation is 1. The number of hydrogen-bond donors (Lipinski definition) is 2. The molecule has 1 saturated heterocycles. The number of rotatable bonds is 2. The smallest absolute Gasteiger partial charge is 0.262 e. The molecule has 1 aromatic rings. The highest BCUT2D eigenvalue weighted by Gasteiger charge is 2.42. The van der Waals surface area contributed by atoms with Crippen LogP contribution in [0.25, 0.3) is 0 Å². The van der Waals surface area contributed by atoms with Crippen LogP contribution >= 0.6 is 11.3 Å². The van der Waals surface area contributed by atoms with Gasteiger partial charge in [0.1, 0.15) is 0 Å². The number of carbonyl (C=O) groups is 1. The Kier molecular flexibility index (Phi) is 3.50. The average molecular weight is 301 g/mol. The summed E-state index contributed by atoms with van der Waals surface area (Å²) in [4.78, 5) is 17.6. The van der Waals surface area contributed by atoms with Gasteiger partial charge in [0.15, 0.2) is 5.13 Å². The minimum atomic E-state index is -2.79. The molecule has 0 spiro atoms. The third-order valence-corrected chi connectivity index (χ3v) is 4.88. The summed E-state index contributed by atoms with van der Waals surface area (Å²) in [6, 6.07) is -0.829. The van der Waals surface area contributed by atoms with Crippen molar-refractivity contribution in [1.29, 1.82) is 0 Å². The molecule has 20 heavy (non-hydrogen) atoms. The minimum absolute atomic E-state index is 0.415. The summed E-state index contributed by atoms with van der Waals surface area (Å²) in [5, 5.41) is 5.75. The van der Waals surface area contributed by atoms with E-state index in [0.29, 0.717) is 11.0 Å². The molecule has 1 aliphatic heterocycles. The van der Waals surface area contributed by atoms with E-state index in [1.54, 1.807) is 0 Å². The monoisotopic (exact) mass is 301 g/mol. The van der Waals surface area contributed by atoms with Crippen molar-refractivity contribution in [1.82, 2.24) is 10.3 Å². The topological polar surface area (TPSA) is 54.0 Å². The Labute approximate surface area is 120 Å². The number of fused-ring (bicyclic) bond motifs is 1. The zero-order valence-electron chi connectivity index (χ0n) is 11.2. The predicted molar refractivity (Wildman–Crippen MR) is 73.3 cm³/mol. The molecule has 2 aliphatic rings. The van der Waals surface area contributed by atoms with Gasteiger partial charge in [0.25, 0.3) is 5.92 Å². The molecule has 1 fully saturated rings. The van der Waals surface area contributed by atoms with Crippen LogP contribution in [0.3, 0.4) is 0 Å². The summed E-state index contributed by atoms with van der Waals surface area (Å²) in [5.74, 6) is -2.57. The zero-order valence-corrected chi connectivity index (χ0v) is 12.0. The van der Waals surface area contributed by atoms with Crippen molar-refractivity contribution in [3.05, 3.63) is 10.6 Å². The van der Waals surface area contributed by atoms with Crippen LogP contribution in [-0.2, 0) is 17.6 Å². The van der Waals surface area contributed by atoms with Crippen molar-refractivity contribution in [3.63, 3.8) is 0 Å². The molecule has 7 heteroatoms. The van der Waals surface area contributed by atoms with E-state index in [9.17, 15) is 13.6 Å². The molecule has 1 aliphatic carbocycles. The van der Waals surface area contributed by atoms with Crippen LogP contribution in [0.1, 0.15) is 30.3 Å². The molecule has 0 bridgehead atoms. The third-order valence-electron chi connectivity index (χ3n) is 3.84. The van der Waals surface area contributed by atoms with E-state index < -0.39 is 30.8 Å². The summed E-state index contributed by atoms with van der Waals surface area (Å²) in [5.41, 5.74) is 1.05. The van der Waals surface area contributed by atoms with Gasteiger partial charge >= 0.3 is 0 Å². The summed E-state index contributed by atoms with van der Waals surface area (Å²) in [7, 11) is 0. The number of amides is 1. The van der Waals surface area contributed by atoms with Crippen molar-refractivity contribution in [2.75, 3.05) is 11.9 Å². The fourth-order valence-electron chi connectivity index (χ4n) is 2.69. The largest absolute Gasteiger partial charge is 0.301 e. The van der Waals surface area contributed by atoms with E-state index in [0.717, 1.165) is 25.0 Å². The molecule has 0 radical (unpaired) electrons. The van der Waals surface area contributed by atoms with Crippen molar-refractivity contribution in [2.24, 2.45) is 5.92 Å². The van der Waals surface area contributed by atoms with Gasteiger partial charge in [0.05, 0.1) is 18.3 Å². The van der Waals surface area contributed by atoms with Gasteiger partial charge in [0.2, 0.25) is 5.91 Å². The maximum atomic E-state index is 13.1. The molecule has 2 unspecified atom stereocenters. The number of thiazole rings is 1. The number of nitrogens with zero attached hydrogens (tertiary/aromatic N) is 1. The SMILES string of the molecule is CC1CCc2nc(NC(=O)C3CC(F)(F)CN3)sc2C1. The van der Waals surface area contributed by atoms with Gasteiger partial charge in [0, 0.05) is 11.3 Å². The van der Waals surface area contributed by atoms with Crippen LogP contribution < -0.4 is 10.6 Å². The molecule has 0 saturated carbocycles. The fraction of sp³-hybridized carbons (Fsp3) is 0.692. The van der Waals surface area contributed by atoms with Gasteiger partial charge in [-0.3, -0.25) is 10.1 Å². The van der Waals surface area contributed by atoms with Gasteiger partial charge in [-0.15, -0.1) is 11.3 Å². The lowest BCUT2D eigenvalue weighted by Crippen LogP contribution is -2.35. The first-order valence-corrected chi connectivity index (χ1v) is 7.65. The van der Waals surface area contributed by atoms with E-state index in [1.807, 2.05) is 0 Å². The molecular formula is C13H17F2N3OS. The second-order valence-electron chi connectivity index (χ2n) is 5.72. The summed E-state index contributed by atoms with van der Waals surface area (Å²) < 4.78 is 26.1. The Morgan fingerprint density at radius 2 is 2.35 bits per heavy atom. The third kappa shape index (κ3) is 2.83. The van der Waals surface area contributed by atoms with E-state index in [2.05, 4.69) is 22.5 Å². The number of nitrogens with one attached hydrogen (secondary N) is 2. The average Bonchev–Trinajstić information content (AvgIpc) is 2.91. The first kappa shape index (κ1) is 13.9. The lowest BCUT2D eigenvalue weighted by atomic mass is 9.93. The molecule has 0 aromatic carbocycles. The highest BCUT2D eigenvalue weighted by Crippen LogP contribution is 2.32. The second-order valence-corrected chi connectivity index (χ2v) is 6.80. The van der Waals surface area contributed by atoms with Gasteiger partial charge in [-0.2, -0.15) is 0 Å². The number of carbonyl (C=O) groups excluding carboxylic acids is 1. The van der Waals surface area contributed by atoms with Crippen molar-refractivity contribution < 1.29 is 13.6 Å². The Morgan fingerprint density at radius 1 is 1.55 bits per heavy atom. The number of aromatic nitrogens is 1. The molecular weight excluding hydrogens is 284 g/mol. The fourth-order valence-corrected chi connectivity index (χ4v) is 3.86. The van der Waals surface area contributed by atoms with E-state index in [1.165, 1.54) is 16.2 Å². The molecule has 4 nitrogen and oxygen atoms in total. The molecule has 1 amide bonds. The van der Waals surface area contributed by atoms with Crippen LogP contribution in [0.5, 0.6) is 0 Å². The minimum Gasteiger partial charge on any atom is -0.301 e. The summed E-state index contributed by atoms with van der Waals surface area (Å²) in [6.07, 6.45) is 2.59. The van der Waals surface area contributed by atoms with E-state index in [-0.39, 0.29) is 0 Å². The van der Waals surface area contributed by atoms with Crippen LogP contribution in [0.4, 0.5) is 13.9 Å². The Bertz CT molecular complexity index is 532. The second kappa shape index (κ2) is 5.04. The highest BCUT2D eigenvalue weighted by molar-refractivity contribution is 7.15. The Balaban J connectivity index is 1.65. The molecule has 2 N–H and O–H groups in total. The van der Waals surface area contributed by atoms with Crippen LogP contribution in [0.2, 0.25) is 0 Å². The maximum absolute atomic E-state index is 13.1. The van der Waals surface area contributed by atoms with Crippen molar-refractivity contribution >= 4 is 22.4 Å². The Morgan fingerprint density at radius 3 is 3.05 bits per heavy atom. The summed E-state index contributed by atoms with van der Waals surface area (Å²) >= 11 is 1.47. The first-order valence-electron chi connectivity index (χ1n) is 6.83. The van der Waals surface area contributed by atoms with Gasteiger partial charge in [-0.1, -0.05) is 6.92 Å². The van der Waals surface area contributed by atoms with Crippen LogP contribution in [0.15, 0.2) is 0 Å². The normalized spacial score (nSPS) is 28.1. The molecule has 2 heterocycles. The van der Waals surface area contributed by atoms with Gasteiger partial charge in [-0.05, 0) is 25.2 Å². The maximum Gasteiger partial charge on any atom is 0.262 e. The lowest BCUT2D eigenvalue weighted by Gasteiger charge is -2.15. The van der Waals surface area contributed by atoms with Gasteiger partial charge < -0.3 is 5.32 Å². The van der Waals surface area contributed by atoms with E-state index >= 15 is 0 Å². The van der Waals surface area contributed by atoms with Crippen LogP contribution in [0, 0.1) is 5.92 Å². The molecule has 2 atom stereocenters. The summed E-state index contributed by atoms with van der Waals surface area (Å²) in [6.45, 7) is 1.77. The standard InChI is InChI=1S/C13H17F2N3OS/c1-7-2-3-8-10(4-7)20-12(17-8)18-11(19)9-5-13(14,15)6-16-9/h7,9,16H,2-6H2,1H3,(H,17,18,19). The number of alkyl halides is 2. The molecule has 3 rings (SSSR count). The van der Waals surface area contributed by atoms with Crippen LogP contribution in [-0.4, -0.2) is 29.4 Å².